The topological polar surface area (TPSA) is 52.2 Å². The molecule has 0 aromatic carbocycles. The summed E-state index contributed by atoms with van der Waals surface area (Å²) in [6.07, 6.45) is 6.30. The van der Waals surface area contributed by atoms with Gasteiger partial charge in [0, 0.05) is 43.4 Å². The van der Waals surface area contributed by atoms with E-state index in [0.29, 0.717) is 31.5 Å². The molecule has 0 bridgehead atoms. The molecule has 0 radical (unpaired) electrons. The number of hydrogen-bond acceptors (Lipinski definition) is 6. The number of rotatable bonds is 17. The van der Waals surface area contributed by atoms with Gasteiger partial charge < -0.3 is 24.3 Å². The lowest BCUT2D eigenvalue weighted by molar-refractivity contribution is -0.0996. The first-order valence-corrected chi connectivity index (χ1v) is 14.5. The third-order valence-corrected chi connectivity index (χ3v) is 7.19. The molecule has 0 amide bonds. The van der Waals surface area contributed by atoms with Crippen molar-refractivity contribution in [2.24, 2.45) is 10.8 Å². The second-order valence-corrected chi connectivity index (χ2v) is 15.0. The molecular formula is C30H60N2O4. The Bertz CT molecular complexity index is 611. The van der Waals surface area contributed by atoms with Gasteiger partial charge in [0.25, 0.3) is 0 Å². The van der Waals surface area contributed by atoms with Crippen molar-refractivity contribution in [3.05, 3.63) is 0 Å². The van der Waals surface area contributed by atoms with Crippen molar-refractivity contribution in [1.82, 2.24) is 10.2 Å². The normalized spacial score (nSPS) is 22.5. The van der Waals surface area contributed by atoms with Crippen molar-refractivity contribution in [3.63, 3.8) is 0 Å². The summed E-state index contributed by atoms with van der Waals surface area (Å²) in [6, 6.07) is 0.567. The molecule has 1 heterocycles. The molecule has 214 valence electrons. The molecule has 6 nitrogen and oxygen atoms in total. The van der Waals surface area contributed by atoms with Crippen LogP contribution in [0.5, 0.6) is 0 Å². The molecule has 1 saturated carbocycles. The van der Waals surface area contributed by atoms with Gasteiger partial charge in [0.15, 0.2) is 0 Å². The summed E-state index contributed by atoms with van der Waals surface area (Å²) in [5.41, 5.74) is 0.794. The fourth-order valence-electron chi connectivity index (χ4n) is 4.70. The second kappa shape index (κ2) is 13.7. The minimum atomic E-state index is 0.135. The summed E-state index contributed by atoms with van der Waals surface area (Å²) in [6.45, 7) is 29.4. The summed E-state index contributed by atoms with van der Waals surface area (Å²) >= 11 is 0. The molecule has 1 aliphatic carbocycles. The average molecular weight is 513 g/mol. The third kappa shape index (κ3) is 13.0. The summed E-state index contributed by atoms with van der Waals surface area (Å²) in [7, 11) is 0. The van der Waals surface area contributed by atoms with Gasteiger partial charge in [0.05, 0.1) is 38.6 Å². The molecule has 1 saturated heterocycles. The Morgan fingerprint density at radius 2 is 1.22 bits per heavy atom. The maximum Gasteiger partial charge on any atom is 0.0829 e. The van der Waals surface area contributed by atoms with Gasteiger partial charge >= 0.3 is 0 Å². The quantitative estimate of drug-likeness (QED) is 0.253. The minimum Gasteiger partial charge on any atom is -0.381 e. The molecule has 0 aromatic heterocycles. The zero-order valence-corrected chi connectivity index (χ0v) is 25.5. The van der Waals surface area contributed by atoms with Gasteiger partial charge in [0.2, 0.25) is 0 Å². The van der Waals surface area contributed by atoms with E-state index in [-0.39, 0.29) is 21.9 Å². The Morgan fingerprint density at radius 3 is 1.81 bits per heavy atom. The maximum atomic E-state index is 6.07. The molecule has 2 fully saturated rings. The van der Waals surface area contributed by atoms with E-state index in [4.69, 9.17) is 18.9 Å². The zero-order valence-electron chi connectivity index (χ0n) is 25.5. The Balaban J connectivity index is 1.51. The van der Waals surface area contributed by atoms with Crippen LogP contribution < -0.4 is 5.32 Å². The second-order valence-electron chi connectivity index (χ2n) is 15.0. The number of likely N-dealkylation sites (tertiary alicyclic amines) is 1. The van der Waals surface area contributed by atoms with Crippen LogP contribution in [-0.4, -0.2) is 87.0 Å². The van der Waals surface area contributed by atoms with Gasteiger partial charge in [-0.3, -0.25) is 4.90 Å². The molecule has 0 spiro atoms. The van der Waals surface area contributed by atoms with Gasteiger partial charge in [-0.2, -0.15) is 0 Å². The Labute approximate surface area is 223 Å². The van der Waals surface area contributed by atoms with Crippen molar-refractivity contribution in [3.8, 4) is 0 Å². The van der Waals surface area contributed by atoms with Gasteiger partial charge in [0.1, 0.15) is 0 Å². The predicted molar refractivity (Wildman–Crippen MR) is 150 cm³/mol. The van der Waals surface area contributed by atoms with Crippen LogP contribution in [0.2, 0.25) is 0 Å². The fourth-order valence-corrected chi connectivity index (χ4v) is 4.70. The van der Waals surface area contributed by atoms with Gasteiger partial charge in [-0.25, -0.2) is 0 Å². The lowest BCUT2D eigenvalue weighted by Gasteiger charge is -2.50. The molecule has 1 N–H and O–H groups in total. The molecule has 2 rings (SSSR count). The molecule has 36 heavy (non-hydrogen) atoms. The van der Waals surface area contributed by atoms with E-state index in [0.717, 1.165) is 65.2 Å². The Hall–Kier alpha value is -0.240. The molecular weight excluding hydrogens is 452 g/mol. The van der Waals surface area contributed by atoms with Crippen molar-refractivity contribution in [1.29, 1.82) is 0 Å². The molecule has 6 heteroatoms. The monoisotopic (exact) mass is 512 g/mol. The average Bonchev–Trinajstić information content (AvgIpc) is 2.66. The summed E-state index contributed by atoms with van der Waals surface area (Å²) < 4.78 is 23.5. The maximum absolute atomic E-state index is 6.07. The van der Waals surface area contributed by atoms with E-state index in [2.05, 4.69) is 79.5 Å². The lowest BCUT2D eigenvalue weighted by Crippen LogP contribution is -2.61. The third-order valence-electron chi connectivity index (χ3n) is 7.19. The van der Waals surface area contributed by atoms with E-state index >= 15 is 0 Å². The molecule has 0 atom stereocenters. The van der Waals surface area contributed by atoms with Crippen molar-refractivity contribution >= 4 is 0 Å². The highest BCUT2D eigenvalue weighted by Gasteiger charge is 2.39. The standard InChI is InChI=1S/C30H60N2O4/c1-27(2,3)22-33-14-11-15-35-26-20-32(21-26)30(9,10)13-12-29(7,8)31-24-18-25(19-24)36-17-16-34-23-28(4,5)6/h24-26,31H,11-23H2,1-10H3/t24-,25-. The highest BCUT2D eigenvalue weighted by Crippen LogP contribution is 2.32. The van der Waals surface area contributed by atoms with Gasteiger partial charge in [-0.05, 0) is 70.6 Å². The van der Waals surface area contributed by atoms with Gasteiger partial charge in [-0.15, -0.1) is 0 Å². The van der Waals surface area contributed by atoms with Gasteiger partial charge in [-0.1, -0.05) is 41.5 Å². The number of hydrogen-bond donors (Lipinski definition) is 1. The fraction of sp³-hybridized carbons (Fsp3) is 1.00. The van der Waals surface area contributed by atoms with Crippen LogP contribution in [0.4, 0.5) is 0 Å². The van der Waals surface area contributed by atoms with Crippen LogP contribution in [-0.2, 0) is 18.9 Å². The Kier molecular flexibility index (Phi) is 12.2. The van der Waals surface area contributed by atoms with Crippen molar-refractivity contribution < 1.29 is 18.9 Å². The van der Waals surface area contributed by atoms with E-state index in [1.165, 1.54) is 6.42 Å². The van der Waals surface area contributed by atoms with E-state index in [1.807, 2.05) is 0 Å². The van der Waals surface area contributed by atoms with E-state index in [9.17, 15) is 0 Å². The van der Waals surface area contributed by atoms with Crippen LogP contribution in [0.25, 0.3) is 0 Å². The SMILES string of the molecule is CC(C)(C)COCCCOC1CN(C(C)(C)CCC(C)(C)N[C@H]2C[C@H](OCCOCC(C)(C)C)C2)C1. The van der Waals surface area contributed by atoms with Crippen molar-refractivity contribution in [2.45, 2.75) is 131 Å². The first kappa shape index (κ1) is 32.0. The molecule has 0 aromatic rings. The number of nitrogens with one attached hydrogen (secondary N) is 1. The summed E-state index contributed by atoms with van der Waals surface area (Å²) in [5, 5.41) is 3.89. The lowest BCUT2D eigenvalue weighted by atomic mass is 9.83. The predicted octanol–water partition coefficient (Wildman–Crippen LogP) is 5.68. The van der Waals surface area contributed by atoms with Crippen LogP contribution in [0, 0.1) is 10.8 Å². The summed E-state index contributed by atoms with van der Waals surface area (Å²) in [5.74, 6) is 0. The smallest absolute Gasteiger partial charge is 0.0829 e. The van der Waals surface area contributed by atoms with Crippen LogP contribution in [0.15, 0.2) is 0 Å². The number of nitrogens with zero attached hydrogens (tertiary/aromatic N) is 1. The molecule has 0 unspecified atom stereocenters. The summed E-state index contributed by atoms with van der Waals surface area (Å²) in [4.78, 5) is 2.58. The van der Waals surface area contributed by atoms with E-state index < -0.39 is 0 Å². The van der Waals surface area contributed by atoms with Crippen LogP contribution in [0.1, 0.15) is 101 Å². The number of ether oxygens (including phenoxy) is 4. The molecule has 1 aliphatic heterocycles. The van der Waals surface area contributed by atoms with Crippen LogP contribution >= 0.6 is 0 Å². The zero-order chi connectivity index (χ0) is 27.0. The van der Waals surface area contributed by atoms with Crippen molar-refractivity contribution in [2.75, 3.05) is 52.7 Å². The first-order chi connectivity index (χ1) is 16.5. The highest BCUT2D eigenvalue weighted by molar-refractivity contribution is 4.96. The van der Waals surface area contributed by atoms with E-state index in [1.54, 1.807) is 0 Å². The Morgan fingerprint density at radius 1 is 0.667 bits per heavy atom. The largest absolute Gasteiger partial charge is 0.381 e. The molecule has 2 aliphatic rings. The minimum absolute atomic E-state index is 0.135. The highest BCUT2D eigenvalue weighted by atomic mass is 16.5. The first-order valence-electron chi connectivity index (χ1n) is 14.5. The van der Waals surface area contributed by atoms with Crippen LogP contribution in [0.3, 0.4) is 0 Å².